The van der Waals surface area contributed by atoms with Gasteiger partial charge in [0.2, 0.25) is 0 Å². The van der Waals surface area contributed by atoms with Gasteiger partial charge in [0.25, 0.3) is 0 Å². The number of benzene rings is 3. The molecule has 0 amide bonds. The third-order valence-corrected chi connectivity index (χ3v) is 4.74. The van der Waals surface area contributed by atoms with Crippen molar-refractivity contribution in [1.29, 1.82) is 0 Å². The molecule has 3 aromatic rings. The van der Waals surface area contributed by atoms with Gasteiger partial charge in [-0.25, -0.2) is 0 Å². The van der Waals surface area contributed by atoms with Gasteiger partial charge in [-0.3, -0.25) is 0 Å². The zero-order valence-corrected chi connectivity index (χ0v) is 17.8. The summed E-state index contributed by atoms with van der Waals surface area (Å²) < 4.78 is 5.17. The van der Waals surface area contributed by atoms with E-state index in [0.29, 0.717) is 11.7 Å². The second-order valence-electron chi connectivity index (χ2n) is 6.56. The summed E-state index contributed by atoms with van der Waals surface area (Å²) in [5.74, 6) is 1.74. The van der Waals surface area contributed by atoms with Crippen molar-refractivity contribution in [1.82, 2.24) is 0 Å². The van der Waals surface area contributed by atoms with Crippen LogP contribution in [0.2, 0.25) is 0 Å². The Morgan fingerprint density at radius 3 is 2.41 bits per heavy atom. The standard InChI is InChI=1S/C17H17O2.C7H7.Nb/c1-19-17-8-5-12(6-9-17)13-2-3-15-11-16(18)7-4-14(15)10-13;1-7-5-3-2-4-6-7;/h4-5,7-9,11,13,18H,2-3,10H2,1H3;2-6H,1H2;/q2*-1;+2. The van der Waals surface area contributed by atoms with Crippen molar-refractivity contribution in [3.63, 3.8) is 0 Å². The average Bonchev–Trinajstić information content (AvgIpc) is 2.69. The van der Waals surface area contributed by atoms with E-state index >= 15 is 0 Å². The van der Waals surface area contributed by atoms with Crippen LogP contribution < -0.4 is 4.74 Å². The molecule has 0 spiro atoms. The Hall–Kier alpha value is -2.13. The molecule has 137 valence electrons. The van der Waals surface area contributed by atoms with Crippen molar-refractivity contribution < 1.29 is 32.2 Å². The maximum absolute atomic E-state index is 9.51. The summed E-state index contributed by atoms with van der Waals surface area (Å²) in [5.41, 5.74) is 4.95. The van der Waals surface area contributed by atoms with E-state index in [1.807, 2.05) is 54.6 Å². The summed E-state index contributed by atoms with van der Waals surface area (Å²) in [6, 6.07) is 24.9. The topological polar surface area (TPSA) is 29.5 Å². The summed E-state index contributed by atoms with van der Waals surface area (Å²) in [4.78, 5) is 0. The molecule has 0 aromatic heterocycles. The van der Waals surface area contributed by atoms with Crippen LogP contribution in [0.15, 0.2) is 66.7 Å². The fourth-order valence-electron chi connectivity index (χ4n) is 3.29. The molecular weight excluding hydrogens is 413 g/mol. The van der Waals surface area contributed by atoms with Crippen molar-refractivity contribution in [3.05, 3.63) is 102 Å². The molecule has 3 aromatic carbocycles. The number of aromatic hydroxyl groups is 1. The van der Waals surface area contributed by atoms with E-state index in [9.17, 15) is 5.11 Å². The Labute approximate surface area is 177 Å². The van der Waals surface area contributed by atoms with Gasteiger partial charge >= 0.3 is 22.4 Å². The van der Waals surface area contributed by atoms with Gasteiger partial charge in [-0.1, -0.05) is 12.1 Å². The van der Waals surface area contributed by atoms with Gasteiger partial charge in [0.05, 0.1) is 7.11 Å². The molecule has 2 nitrogen and oxygen atoms in total. The number of phenolic OH excluding ortho intramolecular Hbond substituents is 1. The van der Waals surface area contributed by atoms with Gasteiger partial charge in [-0.15, -0.1) is 24.3 Å². The second kappa shape index (κ2) is 10.3. The smallest absolute Gasteiger partial charge is 0.554 e. The molecule has 27 heavy (non-hydrogen) atoms. The van der Waals surface area contributed by atoms with Crippen LogP contribution in [0.4, 0.5) is 0 Å². The fourth-order valence-corrected chi connectivity index (χ4v) is 3.29. The van der Waals surface area contributed by atoms with Gasteiger partial charge in [0.15, 0.2) is 0 Å². The van der Waals surface area contributed by atoms with E-state index in [1.165, 1.54) is 16.7 Å². The summed E-state index contributed by atoms with van der Waals surface area (Å²) >= 11 is 0. The second-order valence-corrected chi connectivity index (χ2v) is 6.56. The van der Waals surface area contributed by atoms with Crippen LogP contribution in [0.3, 0.4) is 0 Å². The summed E-state index contributed by atoms with van der Waals surface area (Å²) in [5, 5.41) is 9.51. The van der Waals surface area contributed by atoms with E-state index in [2.05, 4.69) is 19.1 Å². The number of phenols is 1. The number of hydrogen-bond acceptors (Lipinski definition) is 2. The molecule has 0 saturated carbocycles. The number of fused-ring (bicyclic) bond motifs is 1. The van der Waals surface area contributed by atoms with Crippen molar-refractivity contribution in [2.24, 2.45) is 0 Å². The summed E-state index contributed by atoms with van der Waals surface area (Å²) in [6.45, 7) is 3.72. The Morgan fingerprint density at radius 1 is 1.04 bits per heavy atom. The van der Waals surface area contributed by atoms with Crippen LogP contribution in [0.1, 0.15) is 34.6 Å². The number of methoxy groups -OCH3 is 1. The van der Waals surface area contributed by atoms with Crippen molar-refractivity contribution in [2.75, 3.05) is 7.11 Å². The molecule has 0 heterocycles. The predicted molar refractivity (Wildman–Crippen MR) is 106 cm³/mol. The molecular formula is C24H24NbO2. The minimum absolute atomic E-state index is 0. The Bertz CT molecular complexity index is 829. The third-order valence-electron chi connectivity index (χ3n) is 4.74. The van der Waals surface area contributed by atoms with Crippen LogP contribution in [0.5, 0.6) is 11.5 Å². The molecule has 4 rings (SSSR count). The van der Waals surface area contributed by atoms with Gasteiger partial charge in [0.1, 0.15) is 5.75 Å². The van der Waals surface area contributed by atoms with Crippen molar-refractivity contribution in [2.45, 2.75) is 25.2 Å². The largest absolute Gasteiger partial charge is 2.00 e. The summed E-state index contributed by atoms with van der Waals surface area (Å²) in [6.07, 6.45) is 3.16. The predicted octanol–water partition coefficient (Wildman–Crippen LogP) is 5.34. The normalized spacial score (nSPS) is 14.8. The van der Waals surface area contributed by atoms with Crippen LogP contribution in [-0.4, -0.2) is 12.2 Å². The maximum Gasteiger partial charge on any atom is 2.00 e. The first kappa shape index (κ1) is 21.2. The van der Waals surface area contributed by atoms with E-state index in [0.717, 1.165) is 30.6 Å². The molecule has 1 unspecified atom stereocenters. The molecule has 0 aliphatic heterocycles. The van der Waals surface area contributed by atoms with Gasteiger partial charge in [-0.2, -0.15) is 42.3 Å². The Morgan fingerprint density at radius 2 is 1.81 bits per heavy atom. The Balaban J connectivity index is 0.000000278. The van der Waals surface area contributed by atoms with Crippen LogP contribution in [0.25, 0.3) is 0 Å². The quantitative estimate of drug-likeness (QED) is 0.433. The molecule has 0 fully saturated rings. The number of rotatable bonds is 2. The van der Waals surface area contributed by atoms with Gasteiger partial charge in [-0.05, 0) is 48.4 Å². The van der Waals surface area contributed by atoms with Crippen LogP contribution in [-0.2, 0) is 35.2 Å². The molecule has 1 aliphatic carbocycles. The molecule has 3 heteroatoms. The minimum atomic E-state index is 0. The van der Waals surface area contributed by atoms with Gasteiger partial charge in [0, 0.05) is 5.75 Å². The Kier molecular flexibility index (Phi) is 8.05. The van der Waals surface area contributed by atoms with E-state index in [-0.39, 0.29) is 22.4 Å². The van der Waals surface area contributed by atoms with E-state index in [1.54, 1.807) is 13.2 Å². The molecule has 0 bridgehead atoms. The first-order valence-electron chi connectivity index (χ1n) is 8.89. The SMILES string of the molecule is COc1c[c-]c(C2CCc3cc(O)ccc3C2)cc1.[CH2-]c1ccccc1.[Nb+2]. The minimum Gasteiger partial charge on any atom is -0.554 e. The van der Waals surface area contributed by atoms with Crippen molar-refractivity contribution in [3.8, 4) is 11.5 Å². The fraction of sp³-hybridized carbons (Fsp3) is 0.208. The number of ether oxygens (including phenoxy) is 1. The number of aryl methyl sites for hydroxylation is 1. The molecule has 1 N–H and O–H groups in total. The maximum atomic E-state index is 9.51. The molecule has 1 aliphatic rings. The molecule has 0 saturated heterocycles. The van der Waals surface area contributed by atoms with Gasteiger partial charge < -0.3 is 9.84 Å². The first-order valence-corrected chi connectivity index (χ1v) is 8.89. The van der Waals surface area contributed by atoms with E-state index in [4.69, 9.17) is 4.74 Å². The molecule has 1 radical (unpaired) electrons. The number of hydrogen-bond donors (Lipinski definition) is 1. The summed E-state index contributed by atoms with van der Waals surface area (Å²) in [7, 11) is 1.67. The third kappa shape index (κ3) is 5.93. The van der Waals surface area contributed by atoms with E-state index < -0.39 is 0 Å². The first-order chi connectivity index (χ1) is 12.7. The van der Waals surface area contributed by atoms with Crippen LogP contribution in [0, 0.1) is 13.0 Å². The monoisotopic (exact) mass is 437 g/mol. The molecule has 1 atom stereocenters. The van der Waals surface area contributed by atoms with Crippen molar-refractivity contribution >= 4 is 0 Å². The zero-order chi connectivity index (χ0) is 18.4. The van der Waals surface area contributed by atoms with Crippen LogP contribution >= 0.6 is 0 Å². The zero-order valence-electron chi connectivity index (χ0n) is 15.6. The average molecular weight is 437 g/mol.